The molecule has 4 aliphatic carbocycles. The number of fused-ring (bicyclic) bond motifs is 5. The third kappa shape index (κ3) is 4.69. The molecule has 0 amide bonds. The van der Waals surface area contributed by atoms with Crippen molar-refractivity contribution in [3.05, 3.63) is 25.3 Å². The van der Waals surface area contributed by atoms with Crippen LogP contribution in [0.1, 0.15) is 78.6 Å². The van der Waals surface area contributed by atoms with Crippen LogP contribution in [0, 0.1) is 34.5 Å². The number of morpholine rings is 1. The van der Waals surface area contributed by atoms with Gasteiger partial charge in [-0.2, -0.15) is 0 Å². The number of carbonyl (C=O) groups is 1. The maximum atomic E-state index is 12.6. The lowest BCUT2D eigenvalue weighted by molar-refractivity contribution is -0.958. The summed E-state index contributed by atoms with van der Waals surface area (Å²) in [5, 5.41) is 11.7. The number of rotatable bonds is 7. The first-order valence-electron chi connectivity index (χ1n) is 17.0. The van der Waals surface area contributed by atoms with E-state index in [4.69, 9.17) is 9.47 Å². The zero-order valence-electron chi connectivity index (χ0n) is 26.3. The molecule has 0 unspecified atom stereocenters. The van der Waals surface area contributed by atoms with E-state index >= 15 is 0 Å². The van der Waals surface area contributed by atoms with Gasteiger partial charge in [-0.05, 0) is 73.3 Å². The van der Waals surface area contributed by atoms with Crippen molar-refractivity contribution >= 4 is 5.97 Å². The second kappa shape index (κ2) is 11.1. The van der Waals surface area contributed by atoms with Crippen molar-refractivity contribution in [3.63, 3.8) is 0 Å². The van der Waals surface area contributed by atoms with E-state index in [0.29, 0.717) is 29.7 Å². The number of aliphatic hydroxyl groups is 1. The Balaban J connectivity index is 1.32. The van der Waals surface area contributed by atoms with Gasteiger partial charge >= 0.3 is 5.97 Å². The molecule has 0 aromatic carbocycles. The van der Waals surface area contributed by atoms with Crippen molar-refractivity contribution in [3.8, 4) is 0 Å². The number of likely N-dealkylation sites (tertiary alicyclic amines) is 1. The van der Waals surface area contributed by atoms with Crippen LogP contribution in [0.5, 0.6) is 0 Å². The van der Waals surface area contributed by atoms with Crippen LogP contribution in [0.15, 0.2) is 25.3 Å². The Hall–Kier alpha value is -1.21. The molecule has 1 N–H and O–H groups in total. The molecule has 6 nitrogen and oxygen atoms in total. The Kier molecular flexibility index (Phi) is 8.05. The van der Waals surface area contributed by atoms with Gasteiger partial charge in [0.05, 0.1) is 39.4 Å². The van der Waals surface area contributed by atoms with Crippen LogP contribution in [0.3, 0.4) is 0 Å². The fourth-order valence-corrected chi connectivity index (χ4v) is 12.2. The van der Waals surface area contributed by atoms with E-state index in [2.05, 4.69) is 39.2 Å². The maximum Gasteiger partial charge on any atom is 0.303 e. The highest BCUT2D eigenvalue weighted by Gasteiger charge is 2.68. The summed E-state index contributed by atoms with van der Waals surface area (Å²) in [5.74, 6) is 2.45. The summed E-state index contributed by atoms with van der Waals surface area (Å²) in [4.78, 5) is 12.6. The zero-order valence-corrected chi connectivity index (χ0v) is 26.3. The highest BCUT2D eigenvalue weighted by atomic mass is 16.5. The normalized spacial score (nSPS) is 46.5. The van der Waals surface area contributed by atoms with Crippen LogP contribution in [0.4, 0.5) is 0 Å². The number of ether oxygens (including phenoxy) is 2. The second-order valence-corrected chi connectivity index (χ2v) is 15.7. The molecule has 10 atom stereocenters. The smallest absolute Gasteiger partial charge is 0.303 e. The highest BCUT2D eigenvalue weighted by molar-refractivity contribution is 5.66. The molecule has 230 valence electrons. The zero-order chi connectivity index (χ0) is 29.0. The van der Waals surface area contributed by atoms with E-state index in [0.717, 1.165) is 67.6 Å². The Labute approximate surface area is 249 Å². The Morgan fingerprint density at radius 3 is 2.22 bits per heavy atom. The summed E-state index contributed by atoms with van der Waals surface area (Å²) in [6, 6.07) is 0.649. The molecule has 6 heteroatoms. The molecule has 0 radical (unpaired) electrons. The summed E-state index contributed by atoms with van der Waals surface area (Å²) in [7, 11) is 0. The Morgan fingerprint density at radius 2 is 1.59 bits per heavy atom. The SMILES string of the molecule is C=CC[N+]1([C@H]2C[C@@]3(C)[C@@H](CC[C@@H]4[C@@H]3CC[C@@]3(C)[C@H]4C[C@H]([N+]4(CC=C)CCCC4)[C@@H]3OC(C)=O)C[C@@H]2O)CCOCC1. The molecular weight excluding hydrogens is 512 g/mol. The second-order valence-electron chi connectivity index (χ2n) is 15.7. The van der Waals surface area contributed by atoms with Crippen molar-refractivity contribution < 1.29 is 28.3 Å². The maximum absolute atomic E-state index is 12.6. The number of carbonyl (C=O) groups excluding carboxylic acids is 1. The van der Waals surface area contributed by atoms with E-state index in [1.54, 1.807) is 6.92 Å². The van der Waals surface area contributed by atoms with Gasteiger partial charge < -0.3 is 23.5 Å². The predicted molar refractivity (Wildman–Crippen MR) is 162 cm³/mol. The van der Waals surface area contributed by atoms with E-state index in [1.165, 1.54) is 51.6 Å². The number of esters is 1. The van der Waals surface area contributed by atoms with E-state index < -0.39 is 0 Å². The van der Waals surface area contributed by atoms with Crippen LogP contribution in [-0.2, 0) is 14.3 Å². The summed E-state index contributed by atoms with van der Waals surface area (Å²) in [5.41, 5.74) is 0.291. The molecule has 0 aromatic rings. The van der Waals surface area contributed by atoms with Gasteiger partial charge in [-0.3, -0.25) is 4.79 Å². The molecule has 2 saturated heterocycles. The minimum Gasteiger partial charge on any atom is -0.456 e. The number of aliphatic hydroxyl groups excluding tert-OH is 1. The molecule has 0 aromatic heterocycles. The summed E-state index contributed by atoms with van der Waals surface area (Å²) >= 11 is 0. The lowest BCUT2D eigenvalue weighted by atomic mass is 9.44. The first-order chi connectivity index (χ1) is 19.6. The lowest BCUT2D eigenvalue weighted by Crippen LogP contribution is -2.68. The molecule has 6 fully saturated rings. The number of hydrogen-bond acceptors (Lipinski definition) is 4. The van der Waals surface area contributed by atoms with Gasteiger partial charge in [-0.25, -0.2) is 0 Å². The lowest BCUT2D eigenvalue weighted by Gasteiger charge is -2.63. The fraction of sp³-hybridized carbons (Fsp3) is 0.857. The van der Waals surface area contributed by atoms with Gasteiger partial charge in [0.1, 0.15) is 31.3 Å². The summed E-state index contributed by atoms with van der Waals surface area (Å²) in [6.45, 7) is 22.9. The molecular formula is C35H58N2O4+2. The van der Waals surface area contributed by atoms with E-state index in [9.17, 15) is 9.90 Å². The quantitative estimate of drug-likeness (QED) is 0.263. The number of quaternary nitrogens is 2. The Bertz CT molecular complexity index is 1000. The van der Waals surface area contributed by atoms with E-state index in [1.807, 2.05) is 0 Å². The average Bonchev–Trinajstić information content (AvgIpc) is 3.53. The van der Waals surface area contributed by atoms with E-state index in [-0.39, 0.29) is 35.0 Å². The first-order valence-corrected chi connectivity index (χ1v) is 17.0. The minimum absolute atomic E-state index is 0.00484. The standard InChI is InChI=1S/C35H58N2O4/c1-6-14-36(16-8-9-17-36)30-23-29-27-11-10-26-22-32(39)31(37(15-7-2)18-20-40-21-19-37)24-35(26,5)28(27)12-13-34(29,4)33(30)41-25(3)38/h6-7,26-33,39H,1-2,8-24H2,3-5H3/q+2/t26-,27+,28-,29-,30-,31-,32-,33-,34-,35-/m0/s1. The molecule has 41 heavy (non-hydrogen) atoms. The average molecular weight is 571 g/mol. The van der Waals surface area contributed by atoms with Crippen LogP contribution >= 0.6 is 0 Å². The van der Waals surface area contributed by atoms with Gasteiger partial charge in [0.15, 0.2) is 6.10 Å². The molecule has 6 aliphatic rings. The molecule has 0 spiro atoms. The van der Waals surface area contributed by atoms with Crippen molar-refractivity contribution in [2.75, 3.05) is 52.5 Å². The van der Waals surface area contributed by atoms with Gasteiger partial charge in [0.2, 0.25) is 0 Å². The monoisotopic (exact) mass is 570 g/mol. The van der Waals surface area contributed by atoms with Crippen LogP contribution in [0.2, 0.25) is 0 Å². The highest BCUT2D eigenvalue weighted by Crippen LogP contribution is 2.68. The first kappa shape index (κ1) is 29.8. The van der Waals surface area contributed by atoms with Gasteiger partial charge in [-0.1, -0.05) is 27.0 Å². The predicted octanol–water partition coefficient (Wildman–Crippen LogP) is 5.11. The molecule has 2 heterocycles. The molecule has 4 saturated carbocycles. The van der Waals surface area contributed by atoms with Gasteiger partial charge in [0.25, 0.3) is 0 Å². The van der Waals surface area contributed by atoms with Crippen molar-refractivity contribution in [2.45, 2.75) is 103 Å². The van der Waals surface area contributed by atoms with Crippen molar-refractivity contribution in [1.82, 2.24) is 0 Å². The third-order valence-electron chi connectivity index (χ3n) is 14.1. The van der Waals surface area contributed by atoms with Gasteiger partial charge in [-0.15, -0.1) is 0 Å². The number of nitrogens with zero attached hydrogens (tertiary/aromatic N) is 2. The largest absolute Gasteiger partial charge is 0.456 e. The Morgan fingerprint density at radius 1 is 0.927 bits per heavy atom. The molecule has 2 aliphatic heterocycles. The van der Waals surface area contributed by atoms with Crippen LogP contribution in [-0.4, -0.2) is 96.8 Å². The van der Waals surface area contributed by atoms with Crippen LogP contribution in [0.25, 0.3) is 0 Å². The van der Waals surface area contributed by atoms with Crippen molar-refractivity contribution in [2.24, 2.45) is 34.5 Å². The van der Waals surface area contributed by atoms with Crippen LogP contribution < -0.4 is 0 Å². The fourth-order valence-electron chi connectivity index (χ4n) is 12.2. The minimum atomic E-state index is -0.237. The van der Waals surface area contributed by atoms with Crippen molar-refractivity contribution in [1.29, 1.82) is 0 Å². The topological polar surface area (TPSA) is 55.8 Å². The number of hydrogen-bond donors (Lipinski definition) is 1. The molecule has 0 bridgehead atoms. The summed E-state index contributed by atoms with van der Waals surface area (Å²) < 4.78 is 14.2. The molecule has 6 rings (SSSR count). The van der Waals surface area contributed by atoms with Gasteiger partial charge in [0, 0.05) is 38.0 Å². The third-order valence-corrected chi connectivity index (χ3v) is 14.1. The summed E-state index contributed by atoms with van der Waals surface area (Å²) in [6.07, 6.45) is 14.6.